The third kappa shape index (κ3) is 3.45. The number of rotatable bonds is 3. The molecule has 2 rings (SSSR count). The summed E-state index contributed by atoms with van der Waals surface area (Å²) in [5.74, 6) is 0. The van der Waals surface area contributed by atoms with E-state index in [2.05, 4.69) is 51.1 Å². The van der Waals surface area contributed by atoms with Crippen molar-refractivity contribution < 1.29 is 5.11 Å². The van der Waals surface area contributed by atoms with E-state index < -0.39 is 5.60 Å². The fourth-order valence-corrected chi connectivity index (χ4v) is 2.65. The summed E-state index contributed by atoms with van der Waals surface area (Å²) in [6.45, 7) is 8.13. The van der Waals surface area contributed by atoms with E-state index in [1.54, 1.807) is 0 Å². The molecule has 0 spiro atoms. The van der Waals surface area contributed by atoms with E-state index in [9.17, 15) is 5.11 Å². The van der Waals surface area contributed by atoms with E-state index in [0.29, 0.717) is 6.42 Å². The van der Waals surface area contributed by atoms with E-state index in [1.807, 2.05) is 19.1 Å². The van der Waals surface area contributed by atoms with Crippen LogP contribution in [-0.2, 0) is 12.0 Å². The third-order valence-electron chi connectivity index (χ3n) is 3.47. The van der Waals surface area contributed by atoms with Crippen molar-refractivity contribution in [3.05, 3.63) is 70.3 Å². The van der Waals surface area contributed by atoms with Gasteiger partial charge in [0.05, 0.1) is 5.60 Å². The highest BCUT2D eigenvalue weighted by Gasteiger charge is 2.23. The quantitative estimate of drug-likeness (QED) is 0.875. The van der Waals surface area contributed by atoms with Crippen molar-refractivity contribution in [2.24, 2.45) is 0 Å². The second-order valence-electron chi connectivity index (χ2n) is 5.82. The summed E-state index contributed by atoms with van der Waals surface area (Å²) in [7, 11) is 0. The molecule has 0 fully saturated rings. The lowest BCUT2D eigenvalue weighted by Gasteiger charge is -2.25. The molecule has 2 aromatic carbocycles. The molecule has 0 aromatic heterocycles. The molecule has 0 saturated heterocycles. The van der Waals surface area contributed by atoms with Gasteiger partial charge in [-0.25, -0.2) is 0 Å². The average Bonchev–Trinajstić information content (AvgIpc) is 2.26. The zero-order valence-electron chi connectivity index (χ0n) is 12.2. The molecule has 0 radical (unpaired) electrons. The van der Waals surface area contributed by atoms with E-state index >= 15 is 0 Å². The molecule has 1 N–H and O–H groups in total. The second kappa shape index (κ2) is 5.18. The summed E-state index contributed by atoms with van der Waals surface area (Å²) < 4.78 is 0. The van der Waals surface area contributed by atoms with Crippen LogP contribution in [0.3, 0.4) is 0 Å². The Morgan fingerprint density at radius 1 is 0.895 bits per heavy atom. The van der Waals surface area contributed by atoms with Crippen LogP contribution < -0.4 is 0 Å². The van der Waals surface area contributed by atoms with Gasteiger partial charge >= 0.3 is 0 Å². The second-order valence-corrected chi connectivity index (χ2v) is 5.82. The number of hydrogen-bond acceptors (Lipinski definition) is 1. The Balaban J connectivity index is 2.30. The molecule has 1 heteroatoms. The van der Waals surface area contributed by atoms with Crippen molar-refractivity contribution in [2.75, 3.05) is 0 Å². The first kappa shape index (κ1) is 13.8. The van der Waals surface area contributed by atoms with Crippen LogP contribution in [0.4, 0.5) is 0 Å². The highest BCUT2D eigenvalue weighted by atomic mass is 16.3. The molecule has 0 bridgehead atoms. The van der Waals surface area contributed by atoms with Crippen LogP contribution in [0.25, 0.3) is 0 Å². The predicted molar refractivity (Wildman–Crippen MR) is 80.4 cm³/mol. The lowest BCUT2D eigenvalue weighted by atomic mass is 9.87. The molecule has 0 heterocycles. The number of aliphatic hydroxyl groups is 1. The number of benzene rings is 2. The van der Waals surface area contributed by atoms with Gasteiger partial charge in [0.15, 0.2) is 0 Å². The largest absolute Gasteiger partial charge is 0.385 e. The van der Waals surface area contributed by atoms with Gasteiger partial charge in [-0.2, -0.15) is 0 Å². The van der Waals surface area contributed by atoms with Crippen molar-refractivity contribution in [1.82, 2.24) is 0 Å². The fourth-order valence-electron chi connectivity index (χ4n) is 2.65. The topological polar surface area (TPSA) is 20.2 Å². The molecule has 19 heavy (non-hydrogen) atoms. The first-order valence-corrected chi connectivity index (χ1v) is 6.73. The third-order valence-corrected chi connectivity index (χ3v) is 3.47. The molecule has 1 atom stereocenters. The summed E-state index contributed by atoms with van der Waals surface area (Å²) in [6.07, 6.45) is 0.638. The van der Waals surface area contributed by atoms with Gasteiger partial charge in [0, 0.05) is 6.42 Å². The molecule has 2 aromatic rings. The molecular formula is C18H22O. The van der Waals surface area contributed by atoms with Crippen molar-refractivity contribution in [3.8, 4) is 0 Å². The lowest BCUT2D eigenvalue weighted by Crippen LogP contribution is -2.24. The zero-order valence-corrected chi connectivity index (χ0v) is 12.2. The first-order valence-electron chi connectivity index (χ1n) is 6.73. The highest BCUT2D eigenvalue weighted by molar-refractivity contribution is 5.33. The first-order chi connectivity index (χ1) is 8.87. The minimum Gasteiger partial charge on any atom is -0.385 e. The van der Waals surface area contributed by atoms with Gasteiger partial charge in [-0.15, -0.1) is 0 Å². The Labute approximate surface area is 115 Å². The van der Waals surface area contributed by atoms with Crippen molar-refractivity contribution in [1.29, 1.82) is 0 Å². The molecule has 1 unspecified atom stereocenters. The summed E-state index contributed by atoms with van der Waals surface area (Å²) in [4.78, 5) is 0. The van der Waals surface area contributed by atoms with Gasteiger partial charge in [0.1, 0.15) is 0 Å². The monoisotopic (exact) mass is 254 g/mol. The highest BCUT2D eigenvalue weighted by Crippen LogP contribution is 2.26. The van der Waals surface area contributed by atoms with Gasteiger partial charge in [0.2, 0.25) is 0 Å². The van der Waals surface area contributed by atoms with Crippen molar-refractivity contribution in [2.45, 2.75) is 39.7 Å². The minimum atomic E-state index is -0.827. The Morgan fingerprint density at radius 2 is 1.53 bits per heavy atom. The molecule has 1 nitrogen and oxygen atoms in total. The van der Waals surface area contributed by atoms with E-state index in [-0.39, 0.29) is 0 Å². The van der Waals surface area contributed by atoms with Crippen LogP contribution in [0.5, 0.6) is 0 Å². The molecule has 100 valence electrons. The SMILES string of the molecule is Cc1cc(C)cc(CC(C)(O)c2cccc(C)c2)c1. The van der Waals surface area contributed by atoms with Crippen LogP contribution in [0.2, 0.25) is 0 Å². The Hall–Kier alpha value is -1.60. The maximum Gasteiger partial charge on any atom is 0.0908 e. The number of hydrogen-bond donors (Lipinski definition) is 1. The summed E-state index contributed by atoms with van der Waals surface area (Å²) in [5, 5.41) is 10.7. The van der Waals surface area contributed by atoms with Crippen LogP contribution >= 0.6 is 0 Å². The lowest BCUT2D eigenvalue weighted by molar-refractivity contribution is 0.0575. The standard InChI is InChI=1S/C18H22O/c1-13-6-5-7-17(11-13)18(4,19)12-16-9-14(2)8-15(3)10-16/h5-11,19H,12H2,1-4H3. The molecule has 0 aliphatic rings. The summed E-state index contributed by atoms with van der Waals surface area (Å²) in [5.41, 5.74) is 5.01. The Kier molecular flexibility index (Phi) is 3.77. The summed E-state index contributed by atoms with van der Waals surface area (Å²) >= 11 is 0. The van der Waals surface area contributed by atoms with E-state index in [4.69, 9.17) is 0 Å². The van der Waals surface area contributed by atoms with Crippen molar-refractivity contribution >= 4 is 0 Å². The Morgan fingerprint density at radius 3 is 2.11 bits per heavy atom. The van der Waals surface area contributed by atoms with Crippen LogP contribution in [0.1, 0.15) is 34.7 Å². The van der Waals surface area contributed by atoms with Crippen molar-refractivity contribution in [3.63, 3.8) is 0 Å². The molecule has 0 aliphatic heterocycles. The molecular weight excluding hydrogens is 232 g/mol. The molecule has 0 saturated carbocycles. The number of aryl methyl sites for hydroxylation is 3. The fraction of sp³-hybridized carbons (Fsp3) is 0.333. The maximum absolute atomic E-state index is 10.7. The van der Waals surface area contributed by atoms with Gasteiger partial charge in [-0.1, -0.05) is 59.2 Å². The predicted octanol–water partition coefficient (Wildman–Crippen LogP) is 4.06. The van der Waals surface area contributed by atoms with E-state index in [0.717, 1.165) is 5.56 Å². The Bertz CT molecular complexity index is 562. The zero-order chi connectivity index (χ0) is 14.0. The van der Waals surface area contributed by atoms with Crippen LogP contribution in [0.15, 0.2) is 42.5 Å². The molecule has 0 aliphatic carbocycles. The van der Waals surface area contributed by atoms with Gasteiger partial charge in [-0.3, -0.25) is 0 Å². The van der Waals surface area contributed by atoms with Crippen LogP contribution in [-0.4, -0.2) is 5.11 Å². The van der Waals surface area contributed by atoms with Gasteiger partial charge in [-0.05, 0) is 38.8 Å². The average molecular weight is 254 g/mol. The van der Waals surface area contributed by atoms with Gasteiger partial charge in [0.25, 0.3) is 0 Å². The van der Waals surface area contributed by atoms with Crippen LogP contribution in [0, 0.1) is 20.8 Å². The molecule has 0 amide bonds. The maximum atomic E-state index is 10.7. The minimum absolute atomic E-state index is 0.638. The van der Waals surface area contributed by atoms with E-state index in [1.165, 1.54) is 22.3 Å². The normalized spacial score (nSPS) is 14.2. The smallest absolute Gasteiger partial charge is 0.0908 e. The summed E-state index contributed by atoms with van der Waals surface area (Å²) in [6, 6.07) is 14.6. The van der Waals surface area contributed by atoms with Gasteiger partial charge < -0.3 is 5.11 Å².